The van der Waals surface area contributed by atoms with E-state index in [-0.39, 0.29) is 6.04 Å². The standard InChI is InChI=1S/C13H18N4/c1-9(2)8-11(15-14)13-10-6-4-5-7-12(10)17(3)16-13/h4-8,11,15H,14H2,1-3H3. The van der Waals surface area contributed by atoms with Crippen LogP contribution in [0.4, 0.5) is 0 Å². The number of nitrogens with zero attached hydrogens (tertiary/aromatic N) is 2. The number of hydrogen-bond acceptors (Lipinski definition) is 3. The van der Waals surface area contributed by atoms with Gasteiger partial charge in [0.2, 0.25) is 0 Å². The predicted molar refractivity (Wildman–Crippen MR) is 70.2 cm³/mol. The molecule has 2 aromatic rings. The molecule has 0 aliphatic carbocycles. The van der Waals surface area contributed by atoms with Crippen LogP contribution in [-0.4, -0.2) is 9.78 Å². The Bertz CT molecular complexity index is 550. The summed E-state index contributed by atoms with van der Waals surface area (Å²) in [5.41, 5.74) is 6.09. The highest BCUT2D eigenvalue weighted by Gasteiger charge is 2.15. The van der Waals surface area contributed by atoms with Gasteiger partial charge in [-0.3, -0.25) is 10.5 Å². The third-order valence-corrected chi connectivity index (χ3v) is 2.76. The summed E-state index contributed by atoms with van der Waals surface area (Å²) in [6.45, 7) is 4.10. The lowest BCUT2D eigenvalue weighted by molar-refractivity contribution is 0.621. The van der Waals surface area contributed by atoms with Gasteiger partial charge in [-0.15, -0.1) is 0 Å². The lowest BCUT2D eigenvalue weighted by Crippen LogP contribution is -2.27. The lowest BCUT2D eigenvalue weighted by Gasteiger charge is -2.09. The first-order chi connectivity index (χ1) is 8.13. The number of allylic oxidation sites excluding steroid dienone is 1. The molecule has 0 aliphatic heterocycles. The van der Waals surface area contributed by atoms with Crippen molar-refractivity contribution in [2.24, 2.45) is 12.9 Å². The zero-order chi connectivity index (χ0) is 12.4. The number of hydrogen-bond donors (Lipinski definition) is 2. The molecule has 0 saturated heterocycles. The van der Waals surface area contributed by atoms with E-state index in [9.17, 15) is 0 Å². The Morgan fingerprint density at radius 2 is 2.12 bits per heavy atom. The quantitative estimate of drug-likeness (QED) is 0.482. The summed E-state index contributed by atoms with van der Waals surface area (Å²) < 4.78 is 1.88. The van der Waals surface area contributed by atoms with Gasteiger partial charge in [-0.05, 0) is 19.9 Å². The monoisotopic (exact) mass is 230 g/mol. The lowest BCUT2D eigenvalue weighted by atomic mass is 10.1. The second kappa shape index (κ2) is 4.69. The van der Waals surface area contributed by atoms with E-state index in [1.54, 1.807) is 0 Å². The van der Waals surface area contributed by atoms with Crippen LogP contribution in [0.25, 0.3) is 10.9 Å². The fraction of sp³-hybridized carbons (Fsp3) is 0.308. The number of hydrazine groups is 1. The van der Waals surface area contributed by atoms with Crippen molar-refractivity contribution in [1.29, 1.82) is 0 Å². The Hall–Kier alpha value is -1.65. The molecule has 2 rings (SSSR count). The summed E-state index contributed by atoms with van der Waals surface area (Å²) in [7, 11) is 1.95. The van der Waals surface area contributed by atoms with E-state index in [0.29, 0.717) is 0 Å². The summed E-state index contributed by atoms with van der Waals surface area (Å²) in [5.74, 6) is 5.61. The van der Waals surface area contributed by atoms with Gasteiger partial charge in [0.25, 0.3) is 0 Å². The molecule has 0 aliphatic rings. The summed E-state index contributed by atoms with van der Waals surface area (Å²) in [6, 6.07) is 8.11. The summed E-state index contributed by atoms with van der Waals surface area (Å²) in [4.78, 5) is 0. The number of benzene rings is 1. The van der Waals surface area contributed by atoms with Gasteiger partial charge >= 0.3 is 0 Å². The topological polar surface area (TPSA) is 55.9 Å². The molecule has 1 aromatic heterocycles. The molecule has 0 spiro atoms. The highest BCUT2D eigenvalue weighted by Crippen LogP contribution is 2.24. The van der Waals surface area contributed by atoms with Gasteiger partial charge < -0.3 is 0 Å². The summed E-state index contributed by atoms with van der Waals surface area (Å²) in [5, 5.41) is 5.68. The van der Waals surface area contributed by atoms with E-state index in [1.165, 1.54) is 5.57 Å². The number of aromatic nitrogens is 2. The largest absolute Gasteiger partial charge is 0.271 e. The Labute approximate surface area is 101 Å². The van der Waals surface area contributed by atoms with Crippen LogP contribution in [0.2, 0.25) is 0 Å². The molecule has 1 unspecified atom stereocenters. The fourth-order valence-electron chi connectivity index (χ4n) is 2.01. The molecule has 4 heteroatoms. The molecule has 0 radical (unpaired) electrons. The second-order valence-corrected chi connectivity index (χ2v) is 4.41. The van der Waals surface area contributed by atoms with Crippen LogP contribution in [0, 0.1) is 0 Å². The molecule has 0 bridgehead atoms. The van der Waals surface area contributed by atoms with Gasteiger partial charge in [-0.25, -0.2) is 5.43 Å². The number of rotatable bonds is 3. The van der Waals surface area contributed by atoms with Crippen molar-refractivity contribution in [1.82, 2.24) is 15.2 Å². The van der Waals surface area contributed by atoms with Crippen molar-refractivity contribution in [3.05, 3.63) is 41.6 Å². The Morgan fingerprint density at radius 3 is 2.76 bits per heavy atom. The molecule has 4 nitrogen and oxygen atoms in total. The van der Waals surface area contributed by atoms with E-state index < -0.39 is 0 Å². The van der Waals surface area contributed by atoms with E-state index in [4.69, 9.17) is 5.84 Å². The summed E-state index contributed by atoms with van der Waals surface area (Å²) in [6.07, 6.45) is 2.08. The Kier molecular flexibility index (Phi) is 3.26. The highest BCUT2D eigenvalue weighted by molar-refractivity contribution is 5.82. The maximum atomic E-state index is 5.61. The molecular weight excluding hydrogens is 212 g/mol. The Morgan fingerprint density at radius 1 is 1.41 bits per heavy atom. The zero-order valence-corrected chi connectivity index (χ0v) is 10.4. The minimum atomic E-state index is -0.0499. The molecular formula is C13H18N4. The van der Waals surface area contributed by atoms with Gasteiger partial charge in [-0.2, -0.15) is 5.10 Å². The van der Waals surface area contributed by atoms with Crippen LogP contribution in [0.15, 0.2) is 35.9 Å². The first-order valence-corrected chi connectivity index (χ1v) is 5.66. The van der Waals surface area contributed by atoms with Crippen LogP contribution in [0.5, 0.6) is 0 Å². The van der Waals surface area contributed by atoms with Crippen LogP contribution in [-0.2, 0) is 7.05 Å². The normalized spacial score (nSPS) is 12.7. The number of para-hydroxylation sites is 1. The first-order valence-electron chi connectivity index (χ1n) is 5.66. The van der Waals surface area contributed by atoms with Crippen molar-refractivity contribution in [3.8, 4) is 0 Å². The molecule has 0 amide bonds. The maximum Gasteiger partial charge on any atom is 0.0924 e. The van der Waals surface area contributed by atoms with Gasteiger partial charge in [0, 0.05) is 12.4 Å². The Balaban J connectivity index is 2.58. The van der Waals surface area contributed by atoms with Crippen molar-refractivity contribution in [3.63, 3.8) is 0 Å². The molecule has 0 fully saturated rings. The second-order valence-electron chi connectivity index (χ2n) is 4.41. The van der Waals surface area contributed by atoms with E-state index in [1.807, 2.05) is 23.9 Å². The van der Waals surface area contributed by atoms with Crippen molar-refractivity contribution in [2.45, 2.75) is 19.9 Å². The fourth-order valence-corrected chi connectivity index (χ4v) is 2.01. The molecule has 1 heterocycles. The van der Waals surface area contributed by atoms with Gasteiger partial charge in [-0.1, -0.05) is 29.8 Å². The minimum absolute atomic E-state index is 0.0499. The van der Waals surface area contributed by atoms with E-state index in [0.717, 1.165) is 16.6 Å². The third kappa shape index (κ3) is 2.23. The van der Waals surface area contributed by atoms with Gasteiger partial charge in [0.15, 0.2) is 0 Å². The summed E-state index contributed by atoms with van der Waals surface area (Å²) >= 11 is 0. The number of nitrogens with two attached hydrogens (primary N) is 1. The molecule has 0 saturated carbocycles. The average Bonchev–Trinajstić information content (AvgIpc) is 2.64. The molecule has 17 heavy (non-hydrogen) atoms. The van der Waals surface area contributed by atoms with Crippen molar-refractivity contribution in [2.75, 3.05) is 0 Å². The average molecular weight is 230 g/mol. The molecule has 1 aromatic carbocycles. The van der Waals surface area contributed by atoms with Gasteiger partial charge in [0.1, 0.15) is 0 Å². The van der Waals surface area contributed by atoms with Crippen LogP contribution < -0.4 is 11.3 Å². The van der Waals surface area contributed by atoms with Crippen molar-refractivity contribution < 1.29 is 0 Å². The van der Waals surface area contributed by atoms with Crippen LogP contribution in [0.1, 0.15) is 25.6 Å². The molecule has 1 atom stereocenters. The number of aryl methyl sites for hydroxylation is 1. The number of nitrogens with one attached hydrogen (secondary N) is 1. The van der Waals surface area contributed by atoms with Crippen molar-refractivity contribution >= 4 is 10.9 Å². The first kappa shape index (κ1) is 11.8. The number of fused-ring (bicyclic) bond motifs is 1. The van der Waals surface area contributed by atoms with Crippen LogP contribution >= 0.6 is 0 Å². The highest BCUT2D eigenvalue weighted by atomic mass is 15.3. The smallest absolute Gasteiger partial charge is 0.0924 e. The van der Waals surface area contributed by atoms with Gasteiger partial charge in [0.05, 0.1) is 17.3 Å². The van der Waals surface area contributed by atoms with E-state index in [2.05, 4.69) is 42.6 Å². The predicted octanol–water partition coefficient (Wildman–Crippen LogP) is 2.04. The molecule has 3 N–H and O–H groups in total. The maximum absolute atomic E-state index is 5.61. The zero-order valence-electron chi connectivity index (χ0n) is 10.4. The molecule has 90 valence electrons. The minimum Gasteiger partial charge on any atom is -0.271 e. The SMILES string of the molecule is CC(C)=CC(NN)c1nn(C)c2ccccc12. The van der Waals surface area contributed by atoms with Crippen LogP contribution in [0.3, 0.4) is 0 Å². The van der Waals surface area contributed by atoms with E-state index >= 15 is 0 Å². The third-order valence-electron chi connectivity index (χ3n) is 2.76.